The Labute approximate surface area is 187 Å². The molecule has 3 aromatic rings. The predicted molar refractivity (Wildman–Crippen MR) is 123 cm³/mol. The van der Waals surface area contributed by atoms with Gasteiger partial charge in [0.1, 0.15) is 5.69 Å². The van der Waals surface area contributed by atoms with Crippen molar-refractivity contribution in [1.82, 2.24) is 14.8 Å². The minimum atomic E-state index is -0.925. The molecule has 1 aromatic heterocycles. The second kappa shape index (κ2) is 9.87. The van der Waals surface area contributed by atoms with Gasteiger partial charge in [0.25, 0.3) is 0 Å². The molecule has 0 spiro atoms. The third kappa shape index (κ3) is 4.62. The highest BCUT2D eigenvalue weighted by Gasteiger charge is 2.26. The summed E-state index contributed by atoms with van der Waals surface area (Å²) in [4.78, 5) is 26.0. The summed E-state index contributed by atoms with van der Waals surface area (Å²) in [7, 11) is 0. The predicted octanol–water partition coefficient (Wildman–Crippen LogP) is 4.10. The number of aromatic nitrogens is 1. The molecule has 168 valence electrons. The first-order chi connectivity index (χ1) is 15.6. The Morgan fingerprint density at radius 2 is 1.75 bits per heavy atom. The number of amides is 1. The number of carbonyl (C=O) groups excluding carboxylic acids is 1. The smallest absolute Gasteiger partial charge is 0.409 e. The summed E-state index contributed by atoms with van der Waals surface area (Å²) in [6, 6.07) is 18.0. The van der Waals surface area contributed by atoms with Gasteiger partial charge < -0.3 is 24.6 Å². The Balaban J connectivity index is 1.55. The molecule has 1 aliphatic heterocycles. The number of carboxylic acid groups (broad SMARTS) is 1. The second-order valence-electron chi connectivity index (χ2n) is 8.06. The zero-order chi connectivity index (χ0) is 22.5. The van der Waals surface area contributed by atoms with Gasteiger partial charge >= 0.3 is 12.1 Å². The summed E-state index contributed by atoms with van der Waals surface area (Å²) in [5, 5.41) is 14.6. The molecule has 7 nitrogen and oxygen atoms in total. The number of benzene rings is 2. The largest absolute Gasteiger partial charge is 0.477 e. The normalized spacial score (nSPS) is 14.6. The van der Waals surface area contributed by atoms with Gasteiger partial charge in [-0.1, -0.05) is 48.5 Å². The van der Waals surface area contributed by atoms with Crippen molar-refractivity contribution in [3.63, 3.8) is 0 Å². The average Bonchev–Trinajstić information content (AvgIpc) is 3.12. The number of likely N-dealkylation sites (tertiary alicyclic amines) is 1. The quantitative estimate of drug-likeness (QED) is 0.584. The van der Waals surface area contributed by atoms with Crippen molar-refractivity contribution >= 4 is 23.0 Å². The van der Waals surface area contributed by atoms with Gasteiger partial charge in [-0.25, -0.2) is 9.59 Å². The molecule has 1 aliphatic rings. The van der Waals surface area contributed by atoms with Crippen molar-refractivity contribution in [2.24, 2.45) is 0 Å². The average molecular weight is 436 g/mol. The molecule has 0 saturated carbocycles. The molecule has 0 aliphatic carbocycles. The number of nitrogens with zero attached hydrogens (tertiary/aromatic N) is 2. The van der Waals surface area contributed by atoms with Crippen molar-refractivity contribution in [3.05, 3.63) is 71.4 Å². The fourth-order valence-electron chi connectivity index (χ4n) is 4.46. The van der Waals surface area contributed by atoms with Crippen molar-refractivity contribution in [3.8, 4) is 0 Å². The number of rotatable bonds is 7. The maximum atomic E-state index is 12.3. The first-order valence-corrected chi connectivity index (χ1v) is 11.1. The van der Waals surface area contributed by atoms with Crippen LogP contribution in [0.25, 0.3) is 10.9 Å². The van der Waals surface area contributed by atoms with Crippen LogP contribution in [0.1, 0.15) is 41.4 Å². The molecule has 4 rings (SSSR count). The minimum absolute atomic E-state index is 0.221. The summed E-state index contributed by atoms with van der Waals surface area (Å²) in [6.45, 7) is 4.42. The van der Waals surface area contributed by atoms with Crippen molar-refractivity contribution < 1.29 is 19.4 Å². The van der Waals surface area contributed by atoms with Gasteiger partial charge in [0.2, 0.25) is 0 Å². The standard InChI is InChI=1S/C25H29N3O4/c1-2-32-25(31)27-14-12-19(13-15-27)26-16-21-20-10-6-7-11-22(20)28(23(21)24(29)30)17-18-8-4-3-5-9-18/h3-11,19,26H,2,12-17H2,1H3,(H,29,30). The lowest BCUT2D eigenvalue weighted by atomic mass is 10.0. The van der Waals surface area contributed by atoms with E-state index in [1.807, 2.05) is 59.2 Å². The Hall–Kier alpha value is -3.32. The summed E-state index contributed by atoms with van der Waals surface area (Å²) >= 11 is 0. The lowest BCUT2D eigenvalue weighted by Crippen LogP contribution is -2.45. The van der Waals surface area contributed by atoms with E-state index in [-0.39, 0.29) is 12.1 Å². The number of hydrogen-bond donors (Lipinski definition) is 2. The number of hydrogen-bond acceptors (Lipinski definition) is 4. The molecule has 1 saturated heterocycles. The molecule has 2 aromatic carbocycles. The van der Waals surface area contributed by atoms with Gasteiger partial charge in [-0.3, -0.25) is 0 Å². The van der Waals surface area contributed by atoms with E-state index < -0.39 is 5.97 Å². The van der Waals surface area contributed by atoms with Crippen LogP contribution in [0, 0.1) is 0 Å². The van der Waals surface area contributed by atoms with E-state index >= 15 is 0 Å². The topological polar surface area (TPSA) is 83.8 Å². The summed E-state index contributed by atoms with van der Waals surface area (Å²) in [6.07, 6.45) is 1.36. The number of piperidine rings is 1. The van der Waals surface area contributed by atoms with Gasteiger partial charge in [0.15, 0.2) is 0 Å². The maximum Gasteiger partial charge on any atom is 0.409 e. The Morgan fingerprint density at radius 1 is 1.06 bits per heavy atom. The minimum Gasteiger partial charge on any atom is -0.477 e. The molecule has 0 bridgehead atoms. The van der Waals surface area contributed by atoms with Crippen LogP contribution in [0.2, 0.25) is 0 Å². The molecule has 0 unspecified atom stereocenters. The Morgan fingerprint density at radius 3 is 2.44 bits per heavy atom. The fraction of sp³-hybridized carbons (Fsp3) is 0.360. The van der Waals surface area contributed by atoms with Crippen LogP contribution in [0.3, 0.4) is 0 Å². The van der Waals surface area contributed by atoms with Gasteiger partial charge in [0.05, 0.1) is 6.61 Å². The molecule has 32 heavy (non-hydrogen) atoms. The SMILES string of the molecule is CCOC(=O)N1CCC(NCc2c(C(=O)O)n(Cc3ccccc3)c3ccccc23)CC1. The number of para-hydroxylation sites is 1. The summed E-state index contributed by atoms with van der Waals surface area (Å²) in [5.74, 6) is -0.925. The third-order valence-electron chi connectivity index (χ3n) is 6.05. The van der Waals surface area contributed by atoms with E-state index in [1.54, 1.807) is 11.8 Å². The number of aromatic carboxylic acids is 1. The number of ether oxygens (including phenoxy) is 1. The highest BCUT2D eigenvalue weighted by Crippen LogP contribution is 2.28. The van der Waals surface area contributed by atoms with Crippen LogP contribution < -0.4 is 5.32 Å². The molecular weight excluding hydrogens is 406 g/mol. The molecule has 2 heterocycles. The van der Waals surface area contributed by atoms with E-state index in [4.69, 9.17) is 4.74 Å². The lowest BCUT2D eigenvalue weighted by molar-refractivity contribution is 0.0683. The zero-order valence-electron chi connectivity index (χ0n) is 18.3. The monoisotopic (exact) mass is 435 g/mol. The summed E-state index contributed by atoms with van der Waals surface area (Å²) in [5.41, 5.74) is 3.10. The number of carbonyl (C=O) groups is 2. The zero-order valence-corrected chi connectivity index (χ0v) is 18.3. The maximum absolute atomic E-state index is 12.3. The van der Waals surface area contributed by atoms with Gasteiger partial charge in [0, 0.05) is 48.7 Å². The molecule has 2 N–H and O–H groups in total. The Kier molecular flexibility index (Phi) is 6.75. The van der Waals surface area contributed by atoms with Gasteiger partial charge in [-0.05, 0) is 31.4 Å². The number of fused-ring (bicyclic) bond motifs is 1. The highest BCUT2D eigenvalue weighted by atomic mass is 16.6. The summed E-state index contributed by atoms with van der Waals surface area (Å²) < 4.78 is 6.98. The van der Waals surface area contributed by atoms with E-state index in [9.17, 15) is 14.7 Å². The molecule has 0 atom stereocenters. The van der Waals surface area contributed by atoms with Crippen LogP contribution in [0.15, 0.2) is 54.6 Å². The molecule has 1 amide bonds. The molecule has 7 heteroatoms. The second-order valence-corrected chi connectivity index (χ2v) is 8.06. The number of nitrogens with one attached hydrogen (secondary N) is 1. The van der Waals surface area contributed by atoms with Gasteiger partial charge in [-0.15, -0.1) is 0 Å². The molecule has 1 fully saturated rings. The van der Waals surface area contributed by atoms with E-state index in [0.29, 0.717) is 38.5 Å². The van der Waals surface area contributed by atoms with Crippen LogP contribution >= 0.6 is 0 Å². The third-order valence-corrected chi connectivity index (χ3v) is 6.05. The Bertz CT molecular complexity index is 1090. The van der Waals surface area contributed by atoms with Crippen LogP contribution in [0.4, 0.5) is 4.79 Å². The van der Waals surface area contributed by atoms with Crippen molar-refractivity contribution in [2.75, 3.05) is 19.7 Å². The van der Waals surface area contributed by atoms with E-state index in [1.165, 1.54) is 0 Å². The van der Waals surface area contributed by atoms with Crippen molar-refractivity contribution in [1.29, 1.82) is 0 Å². The molecule has 0 radical (unpaired) electrons. The fourth-order valence-corrected chi connectivity index (χ4v) is 4.46. The number of carboxylic acids is 1. The van der Waals surface area contributed by atoms with Gasteiger partial charge in [-0.2, -0.15) is 0 Å². The van der Waals surface area contributed by atoms with Crippen LogP contribution in [0.5, 0.6) is 0 Å². The first kappa shape index (κ1) is 21.9. The van der Waals surface area contributed by atoms with Crippen LogP contribution in [-0.4, -0.2) is 52.4 Å². The van der Waals surface area contributed by atoms with E-state index in [0.717, 1.165) is 34.9 Å². The van der Waals surface area contributed by atoms with Crippen LogP contribution in [-0.2, 0) is 17.8 Å². The lowest BCUT2D eigenvalue weighted by Gasteiger charge is -2.31. The van der Waals surface area contributed by atoms with Crippen molar-refractivity contribution in [2.45, 2.75) is 38.9 Å². The highest BCUT2D eigenvalue weighted by molar-refractivity contribution is 5.98. The van der Waals surface area contributed by atoms with E-state index in [2.05, 4.69) is 5.32 Å². The first-order valence-electron chi connectivity index (χ1n) is 11.1. The molecular formula is C25H29N3O4.